The summed E-state index contributed by atoms with van der Waals surface area (Å²) in [5, 5.41) is 12.3. The first-order chi connectivity index (χ1) is 9.52. The zero-order valence-electron chi connectivity index (χ0n) is 12.3. The number of aryl methyl sites for hydroxylation is 1. The van der Waals surface area contributed by atoms with Crippen molar-refractivity contribution in [1.29, 1.82) is 5.26 Å². The Morgan fingerprint density at radius 3 is 2.85 bits per heavy atom. The van der Waals surface area contributed by atoms with Gasteiger partial charge in [-0.2, -0.15) is 5.26 Å². The highest BCUT2D eigenvalue weighted by Crippen LogP contribution is 2.26. The summed E-state index contributed by atoms with van der Waals surface area (Å²) in [7, 11) is 0. The second-order valence-corrected chi connectivity index (χ2v) is 5.62. The lowest BCUT2D eigenvalue weighted by molar-refractivity contribution is -0.121. The monoisotopic (exact) mass is 271 g/mol. The molecule has 0 aliphatic carbocycles. The Kier molecular flexibility index (Phi) is 4.41. The number of rotatable bonds is 3. The van der Waals surface area contributed by atoms with Gasteiger partial charge in [-0.05, 0) is 37.5 Å². The Labute approximate surface area is 120 Å². The van der Waals surface area contributed by atoms with Crippen LogP contribution in [0.15, 0.2) is 18.2 Å². The fraction of sp³-hybridized carbons (Fsp3) is 0.500. The number of piperidine rings is 1. The third kappa shape index (κ3) is 3.00. The Morgan fingerprint density at radius 1 is 1.45 bits per heavy atom. The first-order valence-corrected chi connectivity index (χ1v) is 7.11. The van der Waals surface area contributed by atoms with Crippen LogP contribution in [-0.4, -0.2) is 24.5 Å². The minimum absolute atomic E-state index is 0.114. The number of hydrogen-bond donors (Lipinski definition) is 1. The van der Waals surface area contributed by atoms with Gasteiger partial charge in [0.25, 0.3) is 0 Å². The standard InChI is InChI=1S/C16H21N3O/c1-11(2)18-14-5-4-8-19(16(14)20)15-9-13(10-17)7-6-12(15)3/h6-7,9,11,14,18H,4-5,8H2,1-3H3. The number of benzene rings is 1. The number of anilines is 1. The normalized spacial score (nSPS) is 19.2. The van der Waals surface area contributed by atoms with Crippen LogP contribution in [-0.2, 0) is 4.79 Å². The van der Waals surface area contributed by atoms with E-state index in [1.54, 1.807) is 6.07 Å². The Morgan fingerprint density at radius 2 is 2.20 bits per heavy atom. The quantitative estimate of drug-likeness (QED) is 0.918. The number of amides is 1. The lowest BCUT2D eigenvalue weighted by Crippen LogP contribution is -2.52. The third-order valence-electron chi connectivity index (χ3n) is 3.60. The van der Waals surface area contributed by atoms with Gasteiger partial charge in [0, 0.05) is 18.3 Å². The molecule has 0 spiro atoms. The summed E-state index contributed by atoms with van der Waals surface area (Å²) >= 11 is 0. The molecule has 0 saturated carbocycles. The molecule has 0 radical (unpaired) electrons. The van der Waals surface area contributed by atoms with Crippen molar-refractivity contribution in [3.8, 4) is 6.07 Å². The van der Waals surface area contributed by atoms with Gasteiger partial charge in [0.2, 0.25) is 5.91 Å². The highest BCUT2D eigenvalue weighted by Gasteiger charge is 2.30. The molecule has 2 rings (SSSR count). The zero-order valence-corrected chi connectivity index (χ0v) is 12.3. The molecule has 1 N–H and O–H groups in total. The van der Waals surface area contributed by atoms with Gasteiger partial charge in [-0.3, -0.25) is 4.79 Å². The van der Waals surface area contributed by atoms with Crippen LogP contribution in [0.4, 0.5) is 5.69 Å². The predicted octanol–water partition coefficient (Wildman–Crippen LogP) is 2.36. The fourth-order valence-electron chi connectivity index (χ4n) is 2.64. The smallest absolute Gasteiger partial charge is 0.244 e. The van der Waals surface area contributed by atoms with Crippen molar-refractivity contribution in [2.24, 2.45) is 0 Å². The lowest BCUT2D eigenvalue weighted by atomic mass is 10.0. The molecule has 1 unspecified atom stereocenters. The number of nitrogens with zero attached hydrogens (tertiary/aromatic N) is 2. The number of carbonyl (C=O) groups excluding carboxylic acids is 1. The molecule has 1 aliphatic rings. The molecule has 1 aliphatic heterocycles. The van der Waals surface area contributed by atoms with Gasteiger partial charge in [0.05, 0.1) is 17.7 Å². The van der Waals surface area contributed by atoms with Crippen LogP contribution < -0.4 is 10.2 Å². The van der Waals surface area contributed by atoms with E-state index in [1.165, 1.54) is 0 Å². The van der Waals surface area contributed by atoms with Crippen molar-refractivity contribution in [3.05, 3.63) is 29.3 Å². The molecular formula is C16H21N3O. The minimum atomic E-state index is -0.117. The highest BCUT2D eigenvalue weighted by atomic mass is 16.2. The molecule has 4 nitrogen and oxygen atoms in total. The SMILES string of the molecule is Cc1ccc(C#N)cc1N1CCCC(NC(C)C)C1=O. The Balaban J connectivity index is 2.28. The van der Waals surface area contributed by atoms with Gasteiger partial charge < -0.3 is 10.2 Å². The topological polar surface area (TPSA) is 56.1 Å². The second kappa shape index (κ2) is 6.06. The maximum absolute atomic E-state index is 12.6. The summed E-state index contributed by atoms with van der Waals surface area (Å²) in [6.07, 6.45) is 1.86. The molecule has 1 fully saturated rings. The van der Waals surface area contributed by atoms with E-state index in [4.69, 9.17) is 5.26 Å². The van der Waals surface area contributed by atoms with Gasteiger partial charge in [-0.15, -0.1) is 0 Å². The predicted molar refractivity (Wildman–Crippen MR) is 79.5 cm³/mol. The van der Waals surface area contributed by atoms with Crippen molar-refractivity contribution >= 4 is 11.6 Å². The summed E-state index contributed by atoms with van der Waals surface area (Å²) in [6, 6.07) is 7.81. The Bertz CT molecular complexity index is 545. The first-order valence-electron chi connectivity index (χ1n) is 7.11. The van der Waals surface area contributed by atoms with Gasteiger partial charge >= 0.3 is 0 Å². The van der Waals surface area contributed by atoms with E-state index in [9.17, 15) is 4.79 Å². The molecule has 0 bridgehead atoms. The van der Waals surface area contributed by atoms with Crippen LogP contribution in [0.5, 0.6) is 0 Å². The molecule has 1 amide bonds. The summed E-state index contributed by atoms with van der Waals surface area (Å²) in [6.45, 7) is 6.80. The van der Waals surface area contributed by atoms with Gasteiger partial charge in [0.15, 0.2) is 0 Å². The van der Waals surface area contributed by atoms with Crippen LogP contribution in [0.3, 0.4) is 0 Å². The molecule has 4 heteroatoms. The maximum atomic E-state index is 12.6. The number of nitriles is 1. The van der Waals surface area contributed by atoms with Crippen LogP contribution in [0.25, 0.3) is 0 Å². The average Bonchev–Trinajstić information content (AvgIpc) is 2.42. The van der Waals surface area contributed by atoms with Gasteiger partial charge in [-0.1, -0.05) is 19.9 Å². The van der Waals surface area contributed by atoms with E-state index in [0.717, 1.165) is 30.6 Å². The molecule has 1 aromatic carbocycles. The van der Waals surface area contributed by atoms with Crippen molar-refractivity contribution in [3.63, 3.8) is 0 Å². The van der Waals surface area contributed by atoms with Crippen molar-refractivity contribution in [2.75, 3.05) is 11.4 Å². The van der Waals surface area contributed by atoms with E-state index in [2.05, 4.69) is 11.4 Å². The van der Waals surface area contributed by atoms with Crippen molar-refractivity contribution in [1.82, 2.24) is 5.32 Å². The van der Waals surface area contributed by atoms with Gasteiger partial charge in [-0.25, -0.2) is 0 Å². The summed E-state index contributed by atoms with van der Waals surface area (Å²) in [5.74, 6) is 0.114. The first kappa shape index (κ1) is 14.5. The number of carbonyl (C=O) groups is 1. The Hall–Kier alpha value is -1.86. The second-order valence-electron chi connectivity index (χ2n) is 5.62. The minimum Gasteiger partial charge on any atom is -0.311 e. The molecule has 1 saturated heterocycles. The molecule has 20 heavy (non-hydrogen) atoms. The fourth-order valence-corrected chi connectivity index (χ4v) is 2.64. The largest absolute Gasteiger partial charge is 0.311 e. The van der Waals surface area contributed by atoms with Crippen molar-refractivity contribution in [2.45, 2.75) is 45.7 Å². The third-order valence-corrected chi connectivity index (χ3v) is 3.60. The molecule has 1 aromatic rings. The average molecular weight is 271 g/mol. The van der Waals surface area contributed by atoms with E-state index < -0.39 is 0 Å². The summed E-state index contributed by atoms with van der Waals surface area (Å²) in [5.41, 5.74) is 2.49. The van der Waals surface area contributed by atoms with Crippen molar-refractivity contribution < 1.29 is 4.79 Å². The molecule has 1 atom stereocenters. The highest BCUT2D eigenvalue weighted by molar-refractivity contribution is 5.98. The van der Waals surface area contributed by atoms with E-state index in [0.29, 0.717) is 5.56 Å². The molecular weight excluding hydrogens is 250 g/mol. The van der Waals surface area contributed by atoms with E-state index >= 15 is 0 Å². The van der Waals surface area contributed by atoms with Crippen LogP contribution in [0.2, 0.25) is 0 Å². The summed E-state index contributed by atoms with van der Waals surface area (Å²) < 4.78 is 0. The molecule has 0 aromatic heterocycles. The van der Waals surface area contributed by atoms with Crippen LogP contribution in [0.1, 0.15) is 37.8 Å². The van der Waals surface area contributed by atoms with Gasteiger partial charge in [0.1, 0.15) is 0 Å². The number of nitrogens with one attached hydrogen (secondary N) is 1. The molecule has 1 heterocycles. The number of hydrogen-bond acceptors (Lipinski definition) is 3. The summed E-state index contributed by atoms with van der Waals surface area (Å²) in [4.78, 5) is 14.4. The maximum Gasteiger partial charge on any atom is 0.244 e. The van der Waals surface area contributed by atoms with E-state index in [1.807, 2.05) is 37.8 Å². The zero-order chi connectivity index (χ0) is 14.7. The van der Waals surface area contributed by atoms with E-state index in [-0.39, 0.29) is 18.0 Å². The lowest BCUT2D eigenvalue weighted by Gasteiger charge is -2.34. The van der Waals surface area contributed by atoms with Crippen LogP contribution >= 0.6 is 0 Å². The molecule has 106 valence electrons. The van der Waals surface area contributed by atoms with Crippen LogP contribution in [0, 0.1) is 18.3 Å².